The van der Waals surface area contributed by atoms with Crippen LogP contribution in [0.5, 0.6) is 5.75 Å². The van der Waals surface area contributed by atoms with Gasteiger partial charge in [-0.3, -0.25) is 9.79 Å². The van der Waals surface area contributed by atoms with Gasteiger partial charge in [0.2, 0.25) is 0 Å². The normalized spacial score (nSPS) is 12.2. The summed E-state index contributed by atoms with van der Waals surface area (Å²) in [6.07, 6.45) is 5.11. The summed E-state index contributed by atoms with van der Waals surface area (Å²) in [6, 6.07) is 5.02. The standard InChI is InChI=1S/C16H25N2O4P/c1-3-8-18(9-4-2)10-7-13-12-17-16-6-5-14(11-15(13)16)22-23(19,20)21/h5-6,11-12,17H,3-4,7-10H2,1-2H3,(H2,19,20,21). The fourth-order valence-electron chi connectivity index (χ4n) is 2.80. The van der Waals surface area contributed by atoms with Crippen LogP contribution >= 0.6 is 7.82 Å². The van der Waals surface area contributed by atoms with Gasteiger partial charge in [-0.15, -0.1) is 0 Å². The first-order valence-corrected chi connectivity index (χ1v) is 9.53. The molecule has 1 aromatic carbocycles. The van der Waals surface area contributed by atoms with Gasteiger partial charge in [0.15, 0.2) is 0 Å². The number of aromatic amines is 1. The quantitative estimate of drug-likeness (QED) is 0.610. The minimum absolute atomic E-state index is 0.186. The molecule has 0 spiro atoms. The number of benzene rings is 1. The Morgan fingerprint density at radius 1 is 1.17 bits per heavy atom. The van der Waals surface area contributed by atoms with Crippen LogP contribution in [0.25, 0.3) is 10.9 Å². The van der Waals surface area contributed by atoms with E-state index in [1.165, 1.54) is 0 Å². The molecular formula is C16H25N2O4P. The van der Waals surface area contributed by atoms with Gasteiger partial charge >= 0.3 is 7.82 Å². The smallest absolute Gasteiger partial charge is 0.404 e. The van der Waals surface area contributed by atoms with Crippen LogP contribution in [0.15, 0.2) is 24.4 Å². The Labute approximate surface area is 136 Å². The van der Waals surface area contributed by atoms with Gasteiger partial charge in [0.1, 0.15) is 5.75 Å². The van der Waals surface area contributed by atoms with Gasteiger partial charge < -0.3 is 14.4 Å². The molecule has 7 heteroatoms. The maximum atomic E-state index is 11.0. The predicted molar refractivity (Wildman–Crippen MR) is 91.7 cm³/mol. The maximum Gasteiger partial charge on any atom is 0.524 e. The van der Waals surface area contributed by atoms with Crippen molar-refractivity contribution in [2.75, 3.05) is 19.6 Å². The molecule has 0 fully saturated rings. The minimum atomic E-state index is -4.53. The van der Waals surface area contributed by atoms with Crippen molar-refractivity contribution in [2.45, 2.75) is 33.1 Å². The second kappa shape index (κ2) is 7.97. The zero-order valence-electron chi connectivity index (χ0n) is 13.7. The number of rotatable bonds is 9. The van der Waals surface area contributed by atoms with Crippen molar-refractivity contribution >= 4 is 18.7 Å². The summed E-state index contributed by atoms with van der Waals surface area (Å²) in [7, 11) is -4.53. The van der Waals surface area contributed by atoms with Gasteiger partial charge in [-0.2, -0.15) is 0 Å². The molecule has 128 valence electrons. The highest BCUT2D eigenvalue weighted by Gasteiger charge is 2.16. The van der Waals surface area contributed by atoms with E-state index in [1.807, 2.05) is 6.20 Å². The molecule has 1 aromatic heterocycles. The topological polar surface area (TPSA) is 85.8 Å². The van der Waals surface area contributed by atoms with Crippen molar-refractivity contribution in [2.24, 2.45) is 0 Å². The SMILES string of the molecule is CCCN(CCC)CCc1c[nH]c2ccc(OP(=O)(O)O)cc12. The number of fused-ring (bicyclic) bond motifs is 1. The fraction of sp³-hybridized carbons (Fsp3) is 0.500. The lowest BCUT2D eigenvalue weighted by Gasteiger charge is -2.20. The van der Waals surface area contributed by atoms with Gasteiger partial charge in [0.05, 0.1) is 0 Å². The molecule has 0 saturated heterocycles. The fourth-order valence-corrected chi connectivity index (χ4v) is 3.19. The summed E-state index contributed by atoms with van der Waals surface area (Å²) in [5.41, 5.74) is 2.07. The third-order valence-corrected chi connectivity index (χ3v) is 4.19. The van der Waals surface area contributed by atoms with Crippen LogP contribution in [0, 0.1) is 0 Å². The number of nitrogens with one attached hydrogen (secondary N) is 1. The van der Waals surface area contributed by atoms with Crippen molar-refractivity contribution < 1.29 is 18.9 Å². The molecule has 0 amide bonds. The van der Waals surface area contributed by atoms with Crippen molar-refractivity contribution in [1.29, 1.82) is 0 Å². The van der Waals surface area contributed by atoms with Crippen LogP contribution in [-0.4, -0.2) is 39.3 Å². The summed E-state index contributed by atoms with van der Waals surface area (Å²) in [4.78, 5) is 23.5. The zero-order chi connectivity index (χ0) is 16.9. The van der Waals surface area contributed by atoms with Gasteiger partial charge in [-0.25, -0.2) is 4.57 Å². The van der Waals surface area contributed by atoms with E-state index in [0.717, 1.165) is 55.4 Å². The molecule has 6 nitrogen and oxygen atoms in total. The minimum Gasteiger partial charge on any atom is -0.404 e. The molecule has 0 unspecified atom stereocenters. The van der Waals surface area contributed by atoms with Crippen molar-refractivity contribution in [1.82, 2.24) is 9.88 Å². The number of phosphoric acid groups is 1. The summed E-state index contributed by atoms with van der Waals surface area (Å²) in [5.74, 6) is 0.186. The predicted octanol–water partition coefficient (Wildman–Crippen LogP) is 3.30. The Morgan fingerprint density at radius 3 is 2.48 bits per heavy atom. The molecule has 2 rings (SSSR count). The van der Waals surface area contributed by atoms with E-state index in [9.17, 15) is 4.57 Å². The lowest BCUT2D eigenvalue weighted by atomic mass is 10.1. The lowest BCUT2D eigenvalue weighted by Crippen LogP contribution is -2.27. The average molecular weight is 340 g/mol. The monoisotopic (exact) mass is 340 g/mol. The maximum absolute atomic E-state index is 11.0. The lowest BCUT2D eigenvalue weighted by molar-refractivity contribution is 0.278. The van der Waals surface area contributed by atoms with E-state index in [2.05, 4.69) is 28.3 Å². The summed E-state index contributed by atoms with van der Waals surface area (Å²) < 4.78 is 15.7. The van der Waals surface area contributed by atoms with Gasteiger partial charge in [-0.05, 0) is 56.1 Å². The van der Waals surface area contributed by atoms with Crippen molar-refractivity contribution in [3.8, 4) is 5.75 Å². The number of hydrogen-bond acceptors (Lipinski definition) is 3. The molecule has 3 N–H and O–H groups in total. The summed E-state index contributed by atoms with van der Waals surface area (Å²) in [5, 5.41) is 0.948. The number of H-pyrrole nitrogens is 1. The molecule has 23 heavy (non-hydrogen) atoms. The third-order valence-electron chi connectivity index (χ3n) is 3.74. The second-order valence-electron chi connectivity index (χ2n) is 5.69. The van der Waals surface area contributed by atoms with Gasteiger partial charge in [0.25, 0.3) is 0 Å². The number of nitrogens with zero attached hydrogens (tertiary/aromatic N) is 1. The highest BCUT2D eigenvalue weighted by atomic mass is 31.2. The van der Waals surface area contributed by atoms with Gasteiger partial charge in [0, 0.05) is 23.6 Å². The molecule has 2 aromatic rings. The first kappa shape index (κ1) is 18.0. The Balaban J connectivity index is 2.14. The van der Waals surface area contributed by atoms with E-state index in [1.54, 1.807) is 18.2 Å². The Bertz CT molecular complexity index is 674. The first-order chi connectivity index (χ1) is 10.9. The third kappa shape index (κ3) is 5.36. The highest BCUT2D eigenvalue weighted by molar-refractivity contribution is 7.46. The Morgan fingerprint density at radius 2 is 1.87 bits per heavy atom. The molecule has 0 saturated carbocycles. The van der Waals surface area contributed by atoms with Crippen molar-refractivity contribution in [3.05, 3.63) is 30.0 Å². The van der Waals surface area contributed by atoms with E-state index in [4.69, 9.17) is 9.79 Å². The summed E-state index contributed by atoms with van der Waals surface area (Å²) in [6.45, 7) is 7.50. The second-order valence-corrected chi connectivity index (χ2v) is 6.86. The van der Waals surface area contributed by atoms with Crippen LogP contribution in [-0.2, 0) is 11.0 Å². The van der Waals surface area contributed by atoms with E-state index in [-0.39, 0.29) is 5.75 Å². The molecule has 0 aliphatic heterocycles. The Kier molecular flexibility index (Phi) is 6.25. The first-order valence-electron chi connectivity index (χ1n) is 8.00. The zero-order valence-corrected chi connectivity index (χ0v) is 14.6. The van der Waals surface area contributed by atoms with Crippen molar-refractivity contribution in [3.63, 3.8) is 0 Å². The van der Waals surface area contributed by atoms with Crippen LogP contribution in [0.3, 0.4) is 0 Å². The van der Waals surface area contributed by atoms with Crippen LogP contribution in [0.2, 0.25) is 0 Å². The molecular weight excluding hydrogens is 315 g/mol. The molecule has 0 bridgehead atoms. The van der Waals surface area contributed by atoms with E-state index >= 15 is 0 Å². The largest absolute Gasteiger partial charge is 0.524 e. The van der Waals surface area contributed by atoms with E-state index in [0.29, 0.717) is 0 Å². The average Bonchev–Trinajstić information content (AvgIpc) is 2.86. The number of hydrogen-bond donors (Lipinski definition) is 3. The van der Waals surface area contributed by atoms with Crippen LogP contribution < -0.4 is 4.52 Å². The van der Waals surface area contributed by atoms with Gasteiger partial charge in [-0.1, -0.05) is 13.8 Å². The summed E-state index contributed by atoms with van der Waals surface area (Å²) >= 11 is 0. The molecule has 0 radical (unpaired) electrons. The molecule has 0 aliphatic rings. The number of aromatic nitrogens is 1. The Hall–Kier alpha value is -1.33. The molecule has 0 atom stereocenters. The highest BCUT2D eigenvalue weighted by Crippen LogP contribution is 2.38. The van der Waals surface area contributed by atoms with Crippen LogP contribution in [0.1, 0.15) is 32.3 Å². The number of phosphoric ester groups is 1. The van der Waals surface area contributed by atoms with E-state index < -0.39 is 7.82 Å². The molecule has 1 heterocycles. The van der Waals surface area contributed by atoms with Crippen LogP contribution in [0.4, 0.5) is 0 Å². The molecule has 0 aliphatic carbocycles.